The average molecular weight is 302 g/mol. The van der Waals surface area contributed by atoms with Crippen LogP contribution in [0.2, 0.25) is 0 Å². The third-order valence-electron chi connectivity index (χ3n) is 3.79. The molecule has 1 N–H and O–H groups in total. The first-order valence-corrected chi connectivity index (χ1v) is 6.97. The van der Waals surface area contributed by atoms with Crippen LogP contribution in [-0.4, -0.2) is 40.2 Å². The molecule has 0 spiro atoms. The number of aldehydes is 1. The number of nitrogens with zero attached hydrogens (tertiary/aromatic N) is 2. The Balaban J connectivity index is 1.79. The molecule has 22 heavy (non-hydrogen) atoms. The van der Waals surface area contributed by atoms with Gasteiger partial charge in [0.15, 0.2) is 0 Å². The lowest BCUT2D eigenvalue weighted by Crippen LogP contribution is -2.47. The molecule has 0 aromatic heterocycles. The van der Waals surface area contributed by atoms with Crippen LogP contribution < -0.4 is 0 Å². The second-order valence-corrected chi connectivity index (χ2v) is 5.34. The second-order valence-electron chi connectivity index (χ2n) is 5.34. The number of rotatable bonds is 3. The number of fused-ring (bicyclic) bond motifs is 1. The molecule has 2 aliphatic rings. The van der Waals surface area contributed by atoms with Crippen LogP contribution in [0.25, 0.3) is 0 Å². The molecular weight excluding hydrogens is 287 g/mol. The van der Waals surface area contributed by atoms with Gasteiger partial charge in [-0.25, -0.2) is 4.39 Å². The number of piperazine rings is 1. The Morgan fingerprint density at radius 2 is 1.95 bits per heavy atom. The number of hydrogen-bond acceptors (Lipinski definition) is 4. The van der Waals surface area contributed by atoms with E-state index >= 15 is 0 Å². The van der Waals surface area contributed by atoms with Crippen molar-refractivity contribution < 1.29 is 19.1 Å². The normalized spacial score (nSPS) is 18.2. The highest BCUT2D eigenvalue weighted by atomic mass is 19.1. The first kappa shape index (κ1) is 14.3. The molecule has 0 unspecified atom stereocenters. The van der Waals surface area contributed by atoms with E-state index in [0.717, 1.165) is 5.56 Å². The SMILES string of the molecule is O=CC1=CN2CCN(Cc3ccc(F)cc3)C(=O)C2=C(O)C1. The predicted molar refractivity (Wildman–Crippen MR) is 76.9 cm³/mol. The van der Waals surface area contributed by atoms with Gasteiger partial charge >= 0.3 is 0 Å². The van der Waals surface area contributed by atoms with Gasteiger partial charge in [-0.05, 0) is 17.7 Å². The minimum Gasteiger partial charge on any atom is -0.510 e. The summed E-state index contributed by atoms with van der Waals surface area (Å²) in [5.41, 5.74) is 1.49. The molecule has 6 heteroatoms. The minimum absolute atomic E-state index is 0.0749. The highest BCUT2D eigenvalue weighted by Crippen LogP contribution is 2.27. The van der Waals surface area contributed by atoms with Gasteiger partial charge < -0.3 is 14.9 Å². The molecular formula is C16H15FN2O3. The second kappa shape index (κ2) is 5.63. The zero-order valence-electron chi connectivity index (χ0n) is 11.8. The van der Waals surface area contributed by atoms with E-state index in [-0.39, 0.29) is 29.6 Å². The van der Waals surface area contributed by atoms with Gasteiger partial charge in [-0.2, -0.15) is 0 Å². The van der Waals surface area contributed by atoms with E-state index in [1.165, 1.54) is 12.1 Å². The smallest absolute Gasteiger partial charge is 0.274 e. The Kier molecular flexibility index (Phi) is 3.66. The molecule has 5 nitrogen and oxygen atoms in total. The Morgan fingerprint density at radius 3 is 2.64 bits per heavy atom. The summed E-state index contributed by atoms with van der Waals surface area (Å²) in [7, 11) is 0. The van der Waals surface area contributed by atoms with Gasteiger partial charge in [0.05, 0.1) is 0 Å². The number of aliphatic hydroxyl groups is 1. The fourth-order valence-corrected chi connectivity index (χ4v) is 2.69. The van der Waals surface area contributed by atoms with Crippen molar-refractivity contribution in [2.24, 2.45) is 0 Å². The van der Waals surface area contributed by atoms with Gasteiger partial charge in [0.1, 0.15) is 23.6 Å². The summed E-state index contributed by atoms with van der Waals surface area (Å²) >= 11 is 0. The van der Waals surface area contributed by atoms with E-state index < -0.39 is 0 Å². The van der Waals surface area contributed by atoms with Crippen molar-refractivity contribution in [3.63, 3.8) is 0 Å². The van der Waals surface area contributed by atoms with Gasteiger partial charge in [0.25, 0.3) is 5.91 Å². The Morgan fingerprint density at radius 1 is 1.23 bits per heavy atom. The van der Waals surface area contributed by atoms with Crippen molar-refractivity contribution in [1.29, 1.82) is 0 Å². The van der Waals surface area contributed by atoms with Crippen molar-refractivity contribution >= 4 is 12.2 Å². The van der Waals surface area contributed by atoms with E-state index in [9.17, 15) is 19.1 Å². The fourth-order valence-electron chi connectivity index (χ4n) is 2.69. The molecule has 114 valence electrons. The number of carbonyl (C=O) groups excluding carboxylic acids is 2. The Hall–Kier alpha value is -2.63. The summed E-state index contributed by atoms with van der Waals surface area (Å²) in [5, 5.41) is 10.0. The van der Waals surface area contributed by atoms with E-state index in [4.69, 9.17) is 0 Å². The predicted octanol–water partition coefficient (Wildman–Crippen LogP) is 1.73. The van der Waals surface area contributed by atoms with Crippen LogP contribution >= 0.6 is 0 Å². The van der Waals surface area contributed by atoms with Gasteiger partial charge in [-0.15, -0.1) is 0 Å². The van der Waals surface area contributed by atoms with E-state index in [2.05, 4.69) is 0 Å². The maximum absolute atomic E-state index is 12.9. The monoisotopic (exact) mass is 302 g/mol. The highest BCUT2D eigenvalue weighted by Gasteiger charge is 2.33. The lowest BCUT2D eigenvalue weighted by molar-refractivity contribution is -0.132. The molecule has 3 rings (SSSR count). The molecule has 1 aromatic carbocycles. The molecule has 0 atom stereocenters. The van der Waals surface area contributed by atoms with E-state index in [0.29, 0.717) is 31.5 Å². The number of benzene rings is 1. The van der Waals surface area contributed by atoms with Crippen molar-refractivity contribution in [3.05, 3.63) is 58.9 Å². The number of halogens is 1. The third kappa shape index (κ3) is 2.59. The minimum atomic E-state index is -0.320. The molecule has 0 saturated carbocycles. The van der Waals surface area contributed by atoms with Crippen LogP contribution in [0.15, 0.2) is 47.5 Å². The maximum atomic E-state index is 12.9. The molecule has 1 amide bonds. The molecule has 2 aliphatic heterocycles. The summed E-state index contributed by atoms with van der Waals surface area (Å²) in [6.07, 6.45) is 2.36. The molecule has 1 aromatic rings. The van der Waals surface area contributed by atoms with Crippen molar-refractivity contribution in [3.8, 4) is 0 Å². The fraction of sp³-hybridized carbons (Fsp3) is 0.250. The summed E-state index contributed by atoms with van der Waals surface area (Å²) in [5.74, 6) is -0.688. The lowest BCUT2D eigenvalue weighted by Gasteiger charge is -2.38. The molecule has 0 bridgehead atoms. The quantitative estimate of drug-likeness (QED) is 0.864. The lowest BCUT2D eigenvalue weighted by atomic mass is 10.0. The Bertz CT molecular complexity index is 679. The standard InChI is InChI=1S/C16H15FN2O3/c17-13-3-1-11(2-4-13)8-19-6-5-18-9-12(10-20)7-14(21)15(18)16(19)22/h1-4,9-10,21H,5-8H2. The molecule has 0 radical (unpaired) electrons. The number of hydrogen-bond donors (Lipinski definition) is 1. The molecule has 1 saturated heterocycles. The highest BCUT2D eigenvalue weighted by molar-refractivity contribution is 5.95. The van der Waals surface area contributed by atoms with Crippen molar-refractivity contribution in [1.82, 2.24) is 9.80 Å². The van der Waals surface area contributed by atoms with Crippen molar-refractivity contribution in [2.75, 3.05) is 13.1 Å². The van der Waals surface area contributed by atoms with Gasteiger partial charge in [0, 0.05) is 37.8 Å². The first-order chi connectivity index (χ1) is 10.6. The van der Waals surface area contributed by atoms with E-state index in [1.54, 1.807) is 28.1 Å². The number of aliphatic hydroxyl groups excluding tert-OH is 1. The molecule has 1 fully saturated rings. The zero-order chi connectivity index (χ0) is 15.7. The maximum Gasteiger partial charge on any atom is 0.274 e. The average Bonchev–Trinajstić information content (AvgIpc) is 2.51. The van der Waals surface area contributed by atoms with Crippen LogP contribution in [0.4, 0.5) is 4.39 Å². The van der Waals surface area contributed by atoms with Crippen LogP contribution in [0.1, 0.15) is 12.0 Å². The number of allylic oxidation sites excluding steroid dienone is 1. The van der Waals surface area contributed by atoms with Crippen LogP contribution in [0.5, 0.6) is 0 Å². The van der Waals surface area contributed by atoms with Gasteiger partial charge in [0.2, 0.25) is 0 Å². The summed E-state index contributed by atoms with van der Waals surface area (Å²) < 4.78 is 12.9. The third-order valence-corrected chi connectivity index (χ3v) is 3.79. The zero-order valence-corrected chi connectivity index (χ0v) is 11.8. The van der Waals surface area contributed by atoms with Crippen LogP contribution in [-0.2, 0) is 16.1 Å². The van der Waals surface area contributed by atoms with Gasteiger partial charge in [-0.1, -0.05) is 12.1 Å². The largest absolute Gasteiger partial charge is 0.510 e. The molecule has 0 aliphatic carbocycles. The first-order valence-electron chi connectivity index (χ1n) is 6.97. The van der Waals surface area contributed by atoms with Crippen molar-refractivity contribution in [2.45, 2.75) is 13.0 Å². The van der Waals surface area contributed by atoms with Crippen LogP contribution in [0, 0.1) is 5.82 Å². The van der Waals surface area contributed by atoms with Gasteiger partial charge in [-0.3, -0.25) is 9.59 Å². The topological polar surface area (TPSA) is 60.9 Å². The summed E-state index contributed by atoms with van der Waals surface area (Å²) in [4.78, 5) is 26.6. The van der Waals surface area contributed by atoms with E-state index in [1.807, 2.05) is 0 Å². The summed E-state index contributed by atoms with van der Waals surface area (Å²) in [6.45, 7) is 1.33. The summed E-state index contributed by atoms with van der Waals surface area (Å²) in [6, 6.07) is 5.97. The number of carbonyl (C=O) groups is 2. The number of amides is 1. The molecule has 2 heterocycles. The Labute approximate surface area is 126 Å². The van der Waals surface area contributed by atoms with Crippen LogP contribution in [0.3, 0.4) is 0 Å².